The van der Waals surface area contributed by atoms with Gasteiger partial charge in [-0.2, -0.15) is 0 Å². The summed E-state index contributed by atoms with van der Waals surface area (Å²) < 4.78 is 14.0. The largest absolute Gasteiger partial charge is 0.367 e. The molecule has 0 aliphatic carbocycles. The molecule has 1 atom stereocenters. The molecule has 1 unspecified atom stereocenters. The molecule has 1 aromatic carbocycles. The van der Waals surface area contributed by atoms with Crippen LogP contribution in [0.25, 0.3) is 0 Å². The van der Waals surface area contributed by atoms with Gasteiger partial charge in [0, 0.05) is 30.9 Å². The highest BCUT2D eigenvalue weighted by Gasteiger charge is 2.23. The van der Waals surface area contributed by atoms with E-state index < -0.39 is 0 Å². The van der Waals surface area contributed by atoms with Crippen LogP contribution in [0.5, 0.6) is 0 Å². The van der Waals surface area contributed by atoms with Gasteiger partial charge < -0.3 is 20.5 Å². The van der Waals surface area contributed by atoms with E-state index in [1.165, 1.54) is 12.3 Å². The Hall–Kier alpha value is -2.83. The number of para-hydroxylation sites is 1. The third-order valence-corrected chi connectivity index (χ3v) is 4.30. The molecule has 1 saturated heterocycles. The minimum Gasteiger partial charge on any atom is -0.367 e. The van der Waals surface area contributed by atoms with Gasteiger partial charge in [0.1, 0.15) is 5.82 Å². The number of aryl methyl sites for hydroxylation is 1. The number of hydrogen-bond acceptors (Lipinski definition) is 3. The second kappa shape index (κ2) is 7.38. The lowest BCUT2D eigenvalue weighted by molar-refractivity contribution is 0.246. The van der Waals surface area contributed by atoms with Gasteiger partial charge in [-0.05, 0) is 38.0 Å². The lowest BCUT2D eigenvalue weighted by Gasteiger charge is -2.34. The number of pyridine rings is 1. The van der Waals surface area contributed by atoms with Crippen LogP contribution >= 0.6 is 0 Å². The molecule has 1 aliphatic rings. The standard InChI is InChI=1S/C18H21FN4O2/c1-12-9-14(10-20-17(12)24)22-18(25)21-13-5-4-8-23(11-13)16-7-3-2-6-15(16)19/h2-3,6-7,9-10,13H,4-5,8,11H2,1H3,(H,20,24)(H2,21,22,25). The van der Waals surface area contributed by atoms with Gasteiger partial charge in [-0.1, -0.05) is 12.1 Å². The van der Waals surface area contributed by atoms with Crippen molar-refractivity contribution in [3.63, 3.8) is 0 Å². The monoisotopic (exact) mass is 344 g/mol. The van der Waals surface area contributed by atoms with Gasteiger partial charge in [0.15, 0.2) is 0 Å². The fourth-order valence-electron chi connectivity index (χ4n) is 3.04. The number of carbonyl (C=O) groups excluding carboxylic acids is 1. The maximum Gasteiger partial charge on any atom is 0.319 e. The zero-order valence-electron chi connectivity index (χ0n) is 14.0. The van der Waals surface area contributed by atoms with E-state index in [2.05, 4.69) is 15.6 Å². The summed E-state index contributed by atoms with van der Waals surface area (Å²) in [5.74, 6) is -0.253. The number of halogens is 1. The summed E-state index contributed by atoms with van der Waals surface area (Å²) in [6.07, 6.45) is 3.17. The highest BCUT2D eigenvalue weighted by Crippen LogP contribution is 2.22. The van der Waals surface area contributed by atoms with E-state index in [0.717, 1.165) is 19.4 Å². The molecule has 2 heterocycles. The number of carbonyl (C=O) groups is 1. The molecule has 7 heteroatoms. The Morgan fingerprint density at radius 1 is 1.36 bits per heavy atom. The van der Waals surface area contributed by atoms with Crippen molar-refractivity contribution in [1.82, 2.24) is 10.3 Å². The van der Waals surface area contributed by atoms with E-state index >= 15 is 0 Å². The number of hydrogen-bond donors (Lipinski definition) is 3. The van der Waals surface area contributed by atoms with Crippen molar-refractivity contribution < 1.29 is 9.18 Å². The first-order chi connectivity index (χ1) is 12.0. The van der Waals surface area contributed by atoms with Gasteiger partial charge in [-0.15, -0.1) is 0 Å². The minimum absolute atomic E-state index is 0.0720. The Balaban J connectivity index is 1.60. The summed E-state index contributed by atoms with van der Waals surface area (Å²) in [7, 11) is 0. The Kier molecular flexibility index (Phi) is 5.02. The highest BCUT2D eigenvalue weighted by molar-refractivity contribution is 5.89. The smallest absolute Gasteiger partial charge is 0.319 e. The van der Waals surface area contributed by atoms with Gasteiger partial charge in [0.2, 0.25) is 0 Å². The van der Waals surface area contributed by atoms with Crippen LogP contribution in [0.3, 0.4) is 0 Å². The van der Waals surface area contributed by atoms with Gasteiger partial charge in [0.25, 0.3) is 5.56 Å². The molecule has 3 rings (SSSR count). The molecule has 2 aromatic rings. The Morgan fingerprint density at radius 2 is 2.16 bits per heavy atom. The number of aromatic nitrogens is 1. The normalized spacial score (nSPS) is 17.2. The first-order valence-electron chi connectivity index (χ1n) is 8.29. The molecule has 1 fully saturated rings. The van der Waals surface area contributed by atoms with Crippen molar-refractivity contribution in [2.75, 3.05) is 23.3 Å². The van der Waals surface area contributed by atoms with E-state index in [0.29, 0.717) is 23.5 Å². The molecule has 25 heavy (non-hydrogen) atoms. The van der Waals surface area contributed by atoms with Crippen LogP contribution in [0, 0.1) is 12.7 Å². The zero-order chi connectivity index (χ0) is 17.8. The quantitative estimate of drug-likeness (QED) is 0.801. The summed E-state index contributed by atoms with van der Waals surface area (Å²) >= 11 is 0. The van der Waals surface area contributed by atoms with Crippen LogP contribution in [-0.2, 0) is 0 Å². The predicted molar refractivity (Wildman–Crippen MR) is 95.6 cm³/mol. The number of aromatic amines is 1. The van der Waals surface area contributed by atoms with Crippen molar-refractivity contribution in [3.05, 3.63) is 58.3 Å². The number of benzene rings is 1. The Morgan fingerprint density at radius 3 is 2.92 bits per heavy atom. The molecule has 1 aromatic heterocycles. The van der Waals surface area contributed by atoms with Gasteiger partial charge in [-0.3, -0.25) is 4.79 Å². The molecule has 1 aliphatic heterocycles. The number of piperidine rings is 1. The van der Waals surface area contributed by atoms with Crippen LogP contribution in [-0.4, -0.2) is 30.1 Å². The fraction of sp³-hybridized carbons (Fsp3) is 0.333. The maximum atomic E-state index is 14.0. The molecule has 132 valence electrons. The summed E-state index contributed by atoms with van der Waals surface area (Å²) in [5, 5.41) is 5.62. The van der Waals surface area contributed by atoms with Crippen LogP contribution in [0.2, 0.25) is 0 Å². The van der Waals surface area contributed by atoms with Crippen molar-refractivity contribution in [3.8, 4) is 0 Å². The third-order valence-electron chi connectivity index (χ3n) is 4.30. The van der Waals surface area contributed by atoms with Crippen LogP contribution in [0.1, 0.15) is 18.4 Å². The molecule has 6 nitrogen and oxygen atoms in total. The van der Waals surface area contributed by atoms with Gasteiger partial charge in [0.05, 0.1) is 11.4 Å². The fourth-order valence-corrected chi connectivity index (χ4v) is 3.04. The predicted octanol–water partition coefficient (Wildman–Crippen LogP) is 2.61. The SMILES string of the molecule is Cc1cc(NC(=O)NC2CCCN(c3ccccc3F)C2)c[nH]c1=O. The number of rotatable bonds is 3. The molecule has 2 amide bonds. The lowest BCUT2D eigenvalue weighted by Crippen LogP contribution is -2.49. The second-order valence-electron chi connectivity index (χ2n) is 6.24. The molecular weight excluding hydrogens is 323 g/mol. The van der Waals surface area contributed by atoms with E-state index in [1.54, 1.807) is 31.2 Å². The molecule has 0 spiro atoms. The minimum atomic E-state index is -0.341. The van der Waals surface area contributed by atoms with Crippen LogP contribution in [0.15, 0.2) is 41.3 Å². The second-order valence-corrected chi connectivity index (χ2v) is 6.24. The number of nitrogens with zero attached hydrogens (tertiary/aromatic N) is 1. The van der Waals surface area contributed by atoms with Crippen LogP contribution < -0.4 is 21.1 Å². The van der Waals surface area contributed by atoms with E-state index in [1.807, 2.05) is 4.90 Å². The topological polar surface area (TPSA) is 77.2 Å². The maximum absolute atomic E-state index is 14.0. The zero-order valence-corrected chi connectivity index (χ0v) is 14.0. The third kappa shape index (κ3) is 4.17. The molecule has 0 saturated carbocycles. The summed E-state index contributed by atoms with van der Waals surface area (Å²) in [5.41, 5.74) is 1.43. The molecule has 0 radical (unpaired) electrons. The first-order valence-corrected chi connectivity index (χ1v) is 8.29. The average molecular weight is 344 g/mol. The Labute approximate surface area is 145 Å². The van der Waals surface area contributed by atoms with Crippen LogP contribution in [0.4, 0.5) is 20.6 Å². The number of nitrogens with one attached hydrogen (secondary N) is 3. The molecule has 3 N–H and O–H groups in total. The number of urea groups is 1. The number of amides is 2. The lowest BCUT2D eigenvalue weighted by atomic mass is 10.0. The van der Waals surface area contributed by atoms with Crippen molar-refractivity contribution >= 4 is 17.4 Å². The first kappa shape index (κ1) is 17.0. The number of H-pyrrole nitrogens is 1. The average Bonchev–Trinajstić information content (AvgIpc) is 2.59. The van der Waals surface area contributed by atoms with E-state index in [-0.39, 0.29) is 23.4 Å². The van der Waals surface area contributed by atoms with Crippen molar-refractivity contribution in [2.24, 2.45) is 0 Å². The molecule has 0 bridgehead atoms. The molecular formula is C18H21FN4O2. The summed E-state index contributed by atoms with van der Waals surface area (Å²) in [6, 6.07) is 7.87. The summed E-state index contributed by atoms with van der Waals surface area (Å²) in [6.45, 7) is 2.99. The van der Waals surface area contributed by atoms with Gasteiger partial charge in [-0.25, -0.2) is 9.18 Å². The van der Waals surface area contributed by atoms with E-state index in [4.69, 9.17) is 0 Å². The van der Waals surface area contributed by atoms with Crippen molar-refractivity contribution in [2.45, 2.75) is 25.8 Å². The van der Waals surface area contributed by atoms with Crippen molar-refractivity contribution in [1.29, 1.82) is 0 Å². The highest BCUT2D eigenvalue weighted by atomic mass is 19.1. The summed E-state index contributed by atoms with van der Waals surface area (Å²) in [4.78, 5) is 28.0. The Bertz CT molecular complexity index is 821. The van der Waals surface area contributed by atoms with E-state index in [9.17, 15) is 14.0 Å². The van der Waals surface area contributed by atoms with Gasteiger partial charge >= 0.3 is 6.03 Å². The number of anilines is 2.